The van der Waals surface area contributed by atoms with Gasteiger partial charge in [-0.2, -0.15) is 0 Å². The Labute approximate surface area is 176 Å². The Morgan fingerprint density at radius 1 is 1.10 bits per heavy atom. The van der Waals surface area contributed by atoms with Crippen molar-refractivity contribution in [3.05, 3.63) is 0 Å². The summed E-state index contributed by atoms with van der Waals surface area (Å²) in [5.41, 5.74) is -0.460. The predicted octanol–water partition coefficient (Wildman–Crippen LogP) is 2.74. The van der Waals surface area contributed by atoms with Crippen molar-refractivity contribution in [3.8, 4) is 0 Å². The summed E-state index contributed by atoms with van der Waals surface area (Å²) in [6, 6.07) is 0. The number of hydrogen-bond acceptors (Lipinski definition) is 5. The van der Waals surface area contributed by atoms with E-state index in [9.17, 15) is 9.59 Å². The van der Waals surface area contributed by atoms with Crippen molar-refractivity contribution in [2.24, 2.45) is 17.8 Å². The first kappa shape index (κ1) is 23.9. The second-order valence-electron chi connectivity index (χ2n) is 9.81. The number of hydrogen-bond donors (Lipinski definition) is 1. The predicted molar refractivity (Wildman–Crippen MR) is 114 cm³/mol. The monoisotopic (exact) mass is 411 g/mol. The zero-order valence-electron chi connectivity index (χ0n) is 19.0. The molecule has 7 heteroatoms. The van der Waals surface area contributed by atoms with Gasteiger partial charge in [0.25, 0.3) is 0 Å². The van der Waals surface area contributed by atoms with Crippen LogP contribution < -0.4 is 5.32 Å². The van der Waals surface area contributed by atoms with Crippen LogP contribution in [-0.4, -0.2) is 79.9 Å². The van der Waals surface area contributed by atoms with Gasteiger partial charge in [-0.05, 0) is 51.4 Å². The van der Waals surface area contributed by atoms with Crippen molar-refractivity contribution in [1.82, 2.24) is 15.1 Å². The molecule has 1 N–H and O–H groups in total. The average molecular weight is 412 g/mol. The molecule has 0 aromatic heterocycles. The summed E-state index contributed by atoms with van der Waals surface area (Å²) in [6.45, 7) is 16.7. The summed E-state index contributed by atoms with van der Waals surface area (Å²) in [6.07, 6.45) is 2.19. The lowest BCUT2D eigenvalue weighted by molar-refractivity contribution is -0.122. The van der Waals surface area contributed by atoms with Crippen molar-refractivity contribution in [1.29, 1.82) is 0 Å². The summed E-state index contributed by atoms with van der Waals surface area (Å²) >= 11 is 0. The zero-order chi connectivity index (χ0) is 21.4. The van der Waals surface area contributed by atoms with Crippen molar-refractivity contribution in [2.45, 2.75) is 59.5 Å². The Kier molecular flexibility index (Phi) is 9.21. The normalized spacial score (nSPS) is 21.5. The Hall–Kier alpha value is -1.34. The van der Waals surface area contributed by atoms with Crippen LogP contribution in [0.5, 0.6) is 0 Å². The number of morpholine rings is 1. The van der Waals surface area contributed by atoms with Crippen LogP contribution in [0.4, 0.5) is 4.79 Å². The quantitative estimate of drug-likeness (QED) is 0.697. The maximum atomic E-state index is 12.4. The van der Waals surface area contributed by atoms with E-state index in [2.05, 4.69) is 24.1 Å². The molecule has 2 heterocycles. The van der Waals surface area contributed by atoms with Gasteiger partial charge in [0.05, 0.1) is 13.2 Å². The number of nitrogens with one attached hydrogen (secondary N) is 1. The first-order valence-electron chi connectivity index (χ1n) is 11.2. The third-order valence-corrected chi connectivity index (χ3v) is 5.82. The number of likely N-dealkylation sites (tertiary alicyclic amines) is 1. The number of piperidine rings is 1. The van der Waals surface area contributed by atoms with Gasteiger partial charge < -0.3 is 19.7 Å². The molecular formula is C22H41N3O4. The molecule has 2 rings (SSSR count). The molecule has 2 saturated heterocycles. The highest BCUT2D eigenvalue weighted by atomic mass is 16.6. The van der Waals surface area contributed by atoms with E-state index in [4.69, 9.17) is 9.47 Å². The van der Waals surface area contributed by atoms with Crippen LogP contribution in [0.25, 0.3) is 0 Å². The van der Waals surface area contributed by atoms with E-state index in [-0.39, 0.29) is 12.0 Å². The molecule has 2 atom stereocenters. The Bertz CT molecular complexity index is 521. The topological polar surface area (TPSA) is 71.1 Å². The lowest BCUT2D eigenvalue weighted by atomic mass is 9.83. The number of amides is 2. The number of ether oxygens (including phenoxy) is 2. The fourth-order valence-electron chi connectivity index (χ4n) is 4.09. The van der Waals surface area contributed by atoms with E-state index in [0.717, 1.165) is 52.2 Å². The SMILES string of the molecule is CC(CNC(=O)CC(C)C1CCN(C(=O)OC(C)(C)C)CC1)CN1CCOCC1. The van der Waals surface area contributed by atoms with Crippen molar-refractivity contribution >= 4 is 12.0 Å². The highest BCUT2D eigenvalue weighted by Crippen LogP contribution is 2.28. The smallest absolute Gasteiger partial charge is 0.410 e. The van der Waals surface area contributed by atoms with Crippen LogP contribution in [0.2, 0.25) is 0 Å². The third kappa shape index (κ3) is 8.91. The summed E-state index contributed by atoms with van der Waals surface area (Å²) in [5.74, 6) is 1.38. The van der Waals surface area contributed by atoms with Gasteiger partial charge in [-0.1, -0.05) is 13.8 Å². The van der Waals surface area contributed by atoms with Gasteiger partial charge in [0.15, 0.2) is 0 Å². The Morgan fingerprint density at radius 2 is 1.72 bits per heavy atom. The van der Waals surface area contributed by atoms with Gasteiger partial charge in [0.1, 0.15) is 5.60 Å². The molecular weight excluding hydrogens is 370 g/mol. The van der Waals surface area contributed by atoms with Crippen molar-refractivity contribution in [3.63, 3.8) is 0 Å². The summed E-state index contributed by atoms with van der Waals surface area (Å²) in [4.78, 5) is 28.8. The highest BCUT2D eigenvalue weighted by molar-refractivity contribution is 5.76. The number of carbonyl (C=O) groups excluding carboxylic acids is 2. The molecule has 0 saturated carbocycles. The maximum absolute atomic E-state index is 12.4. The molecule has 0 radical (unpaired) electrons. The molecule has 2 aliphatic heterocycles. The molecule has 0 aromatic rings. The van der Waals surface area contributed by atoms with E-state index in [1.165, 1.54) is 0 Å². The minimum Gasteiger partial charge on any atom is -0.444 e. The summed E-state index contributed by atoms with van der Waals surface area (Å²) in [7, 11) is 0. The minimum atomic E-state index is -0.460. The van der Waals surface area contributed by atoms with Crippen LogP contribution in [0.15, 0.2) is 0 Å². The van der Waals surface area contributed by atoms with Gasteiger partial charge in [-0.3, -0.25) is 9.69 Å². The Balaban J connectivity index is 1.63. The Morgan fingerprint density at radius 3 is 2.31 bits per heavy atom. The van der Waals surface area contributed by atoms with Gasteiger partial charge in [0, 0.05) is 45.7 Å². The number of carbonyl (C=O) groups is 2. The van der Waals surface area contributed by atoms with E-state index in [1.807, 2.05) is 20.8 Å². The number of rotatable bonds is 7. The molecule has 2 fully saturated rings. The zero-order valence-corrected chi connectivity index (χ0v) is 19.0. The summed E-state index contributed by atoms with van der Waals surface area (Å²) < 4.78 is 10.8. The molecule has 2 amide bonds. The molecule has 29 heavy (non-hydrogen) atoms. The lowest BCUT2D eigenvalue weighted by Gasteiger charge is -2.35. The first-order chi connectivity index (χ1) is 13.6. The van der Waals surface area contributed by atoms with Crippen LogP contribution in [0.3, 0.4) is 0 Å². The highest BCUT2D eigenvalue weighted by Gasteiger charge is 2.29. The third-order valence-electron chi connectivity index (χ3n) is 5.82. The second-order valence-corrected chi connectivity index (χ2v) is 9.81. The molecule has 0 aromatic carbocycles. The van der Waals surface area contributed by atoms with Crippen LogP contribution >= 0.6 is 0 Å². The van der Waals surface area contributed by atoms with Crippen LogP contribution in [0, 0.1) is 17.8 Å². The van der Waals surface area contributed by atoms with Gasteiger partial charge in [-0.25, -0.2) is 4.79 Å². The van der Waals surface area contributed by atoms with E-state index in [0.29, 0.717) is 37.3 Å². The minimum absolute atomic E-state index is 0.140. The summed E-state index contributed by atoms with van der Waals surface area (Å²) in [5, 5.41) is 3.11. The largest absolute Gasteiger partial charge is 0.444 e. The van der Waals surface area contributed by atoms with Crippen molar-refractivity contribution in [2.75, 3.05) is 52.5 Å². The molecule has 0 aliphatic carbocycles. The average Bonchev–Trinajstić information content (AvgIpc) is 2.66. The van der Waals surface area contributed by atoms with E-state index < -0.39 is 5.60 Å². The molecule has 0 bridgehead atoms. The van der Waals surface area contributed by atoms with Crippen molar-refractivity contribution < 1.29 is 19.1 Å². The fourth-order valence-corrected chi connectivity index (χ4v) is 4.09. The van der Waals surface area contributed by atoms with E-state index in [1.54, 1.807) is 4.90 Å². The van der Waals surface area contributed by atoms with E-state index >= 15 is 0 Å². The molecule has 2 aliphatic rings. The van der Waals surface area contributed by atoms with Crippen LogP contribution in [-0.2, 0) is 14.3 Å². The van der Waals surface area contributed by atoms with Gasteiger partial charge >= 0.3 is 6.09 Å². The molecule has 2 unspecified atom stereocenters. The lowest BCUT2D eigenvalue weighted by Crippen LogP contribution is -2.43. The van der Waals surface area contributed by atoms with Crippen LogP contribution in [0.1, 0.15) is 53.9 Å². The number of nitrogens with zero attached hydrogens (tertiary/aromatic N) is 2. The second kappa shape index (κ2) is 11.2. The molecule has 7 nitrogen and oxygen atoms in total. The maximum Gasteiger partial charge on any atom is 0.410 e. The molecule has 168 valence electrons. The van der Waals surface area contributed by atoms with Gasteiger partial charge in [-0.15, -0.1) is 0 Å². The van der Waals surface area contributed by atoms with Gasteiger partial charge in [0.2, 0.25) is 5.91 Å². The molecule has 0 spiro atoms. The standard InChI is InChI=1S/C22H41N3O4/c1-17(16-24-10-12-28-13-11-24)15-23-20(26)14-18(2)19-6-8-25(9-7-19)21(27)29-22(3,4)5/h17-19H,6-16H2,1-5H3,(H,23,26). The first-order valence-corrected chi connectivity index (χ1v) is 11.2. The fraction of sp³-hybridized carbons (Fsp3) is 0.909.